The molecule has 0 bridgehead atoms. The molecule has 0 atom stereocenters. The molecule has 8 heteroatoms. The summed E-state index contributed by atoms with van der Waals surface area (Å²) >= 11 is 1.44. The van der Waals surface area contributed by atoms with Gasteiger partial charge in [-0.15, -0.1) is 11.3 Å². The van der Waals surface area contributed by atoms with Crippen LogP contribution in [-0.4, -0.2) is 52.4 Å². The number of fused-ring (bicyclic) bond motifs is 1. The van der Waals surface area contributed by atoms with Gasteiger partial charge in [0, 0.05) is 19.4 Å². The van der Waals surface area contributed by atoms with Crippen LogP contribution in [0.3, 0.4) is 0 Å². The lowest BCUT2D eigenvalue weighted by Crippen LogP contribution is -2.33. The molecule has 0 aliphatic carbocycles. The first kappa shape index (κ1) is 16.0. The zero-order chi connectivity index (χ0) is 17.1. The molecule has 0 fully saturated rings. The Balaban J connectivity index is 1.98. The zero-order valence-electron chi connectivity index (χ0n) is 13.1. The van der Waals surface area contributed by atoms with Crippen molar-refractivity contribution in [3.05, 3.63) is 42.4 Å². The average Bonchev–Trinajstić information content (AvgIpc) is 3.04. The Hall–Kier alpha value is -2.87. The van der Waals surface area contributed by atoms with Crippen LogP contribution in [-0.2, 0) is 9.53 Å². The number of methoxy groups -OCH3 is 1. The van der Waals surface area contributed by atoms with Crippen LogP contribution >= 0.6 is 11.3 Å². The van der Waals surface area contributed by atoms with Crippen molar-refractivity contribution in [3.63, 3.8) is 0 Å². The third kappa shape index (κ3) is 3.09. The number of esters is 1. The Bertz CT molecular complexity index is 876. The van der Waals surface area contributed by atoms with Crippen LogP contribution < -0.4 is 0 Å². The number of para-hydroxylation sites is 1. The number of carbonyl (C=O) groups excluding carboxylic acids is 2. The number of benzene rings is 1. The Labute approximate surface area is 141 Å². The summed E-state index contributed by atoms with van der Waals surface area (Å²) in [4.78, 5) is 38.1. The molecule has 0 radical (unpaired) electrons. The van der Waals surface area contributed by atoms with Crippen LogP contribution in [0.1, 0.15) is 10.5 Å². The quantitative estimate of drug-likeness (QED) is 0.674. The molecule has 1 amide bonds. The average molecular weight is 342 g/mol. The fraction of sp³-hybridized carbons (Fsp3) is 0.188. The van der Waals surface area contributed by atoms with E-state index in [9.17, 15) is 9.59 Å². The third-order valence-corrected chi connectivity index (χ3v) is 4.38. The van der Waals surface area contributed by atoms with Crippen molar-refractivity contribution in [2.24, 2.45) is 0 Å². The number of thiazole rings is 1. The fourth-order valence-corrected chi connectivity index (χ4v) is 3.10. The third-order valence-electron chi connectivity index (χ3n) is 3.34. The van der Waals surface area contributed by atoms with Gasteiger partial charge in [0.15, 0.2) is 5.69 Å². The summed E-state index contributed by atoms with van der Waals surface area (Å²) in [5, 5.41) is 0.610. The minimum Gasteiger partial charge on any atom is -0.468 e. The van der Waals surface area contributed by atoms with Crippen LogP contribution in [0.25, 0.3) is 20.9 Å². The summed E-state index contributed by atoms with van der Waals surface area (Å²) in [5.41, 5.74) is 1.40. The predicted molar refractivity (Wildman–Crippen MR) is 89.6 cm³/mol. The van der Waals surface area contributed by atoms with E-state index >= 15 is 0 Å². The van der Waals surface area contributed by atoms with Gasteiger partial charge in [-0.25, -0.2) is 15.0 Å². The summed E-state index contributed by atoms with van der Waals surface area (Å²) in [6, 6.07) is 7.68. The van der Waals surface area contributed by atoms with Crippen molar-refractivity contribution in [3.8, 4) is 10.7 Å². The molecule has 2 aromatic heterocycles. The number of likely N-dealkylation sites (N-methyl/N-ethyl adjacent to an activating group) is 1. The molecule has 0 N–H and O–H groups in total. The number of nitrogens with zero attached hydrogens (tertiary/aromatic N) is 4. The molecular weight excluding hydrogens is 328 g/mol. The van der Waals surface area contributed by atoms with E-state index in [1.54, 1.807) is 0 Å². The highest BCUT2D eigenvalue weighted by molar-refractivity contribution is 7.21. The molecule has 3 aromatic rings. The maximum atomic E-state index is 12.6. The van der Waals surface area contributed by atoms with Gasteiger partial charge < -0.3 is 9.64 Å². The lowest BCUT2D eigenvalue weighted by Gasteiger charge is -2.15. The predicted octanol–water partition coefficient (Wildman–Crippen LogP) is 2.00. The molecule has 0 aliphatic heterocycles. The van der Waals surface area contributed by atoms with Crippen LogP contribution in [0, 0.1) is 0 Å². The molecule has 1 aromatic carbocycles. The zero-order valence-corrected chi connectivity index (χ0v) is 13.9. The Kier molecular flexibility index (Phi) is 4.48. The topological polar surface area (TPSA) is 85.3 Å². The maximum absolute atomic E-state index is 12.6. The van der Waals surface area contributed by atoms with E-state index in [0.29, 0.717) is 10.7 Å². The molecule has 2 heterocycles. The van der Waals surface area contributed by atoms with E-state index in [2.05, 4.69) is 19.7 Å². The number of hydrogen-bond acceptors (Lipinski definition) is 7. The van der Waals surface area contributed by atoms with Gasteiger partial charge in [-0.1, -0.05) is 12.1 Å². The highest BCUT2D eigenvalue weighted by Crippen LogP contribution is 2.30. The highest BCUT2D eigenvalue weighted by Gasteiger charge is 2.23. The molecule has 0 unspecified atom stereocenters. The second-order valence-corrected chi connectivity index (χ2v) is 6.01. The number of carbonyl (C=O) groups is 2. The first-order chi connectivity index (χ1) is 11.6. The van der Waals surface area contributed by atoms with E-state index < -0.39 is 11.9 Å². The van der Waals surface area contributed by atoms with Crippen molar-refractivity contribution in [2.75, 3.05) is 20.7 Å². The molecule has 122 valence electrons. The normalized spacial score (nSPS) is 10.6. The second-order valence-electron chi connectivity index (χ2n) is 4.98. The van der Waals surface area contributed by atoms with Crippen molar-refractivity contribution >= 4 is 33.4 Å². The molecule has 0 saturated carbocycles. The van der Waals surface area contributed by atoms with Gasteiger partial charge in [0.1, 0.15) is 17.2 Å². The molecule has 0 aliphatic rings. The van der Waals surface area contributed by atoms with Crippen molar-refractivity contribution in [1.29, 1.82) is 0 Å². The van der Waals surface area contributed by atoms with E-state index in [4.69, 9.17) is 0 Å². The first-order valence-corrected chi connectivity index (χ1v) is 7.91. The largest absolute Gasteiger partial charge is 0.468 e. The van der Waals surface area contributed by atoms with Crippen LogP contribution in [0.2, 0.25) is 0 Å². The Morgan fingerprint density at radius 3 is 2.71 bits per heavy atom. The van der Waals surface area contributed by atoms with Crippen molar-refractivity contribution in [2.45, 2.75) is 0 Å². The Morgan fingerprint density at radius 1 is 1.21 bits per heavy atom. The van der Waals surface area contributed by atoms with Gasteiger partial charge in [0.25, 0.3) is 5.91 Å². The Morgan fingerprint density at radius 2 is 1.96 bits per heavy atom. The summed E-state index contributed by atoms with van der Waals surface area (Å²) in [6.45, 7) is -0.162. The number of hydrogen-bond donors (Lipinski definition) is 0. The maximum Gasteiger partial charge on any atom is 0.325 e. The first-order valence-electron chi connectivity index (χ1n) is 7.09. The smallest absolute Gasteiger partial charge is 0.325 e. The van der Waals surface area contributed by atoms with Crippen molar-refractivity contribution in [1.82, 2.24) is 19.9 Å². The van der Waals surface area contributed by atoms with Crippen LogP contribution in [0.4, 0.5) is 0 Å². The minimum absolute atomic E-state index is 0.156. The number of rotatable bonds is 4. The summed E-state index contributed by atoms with van der Waals surface area (Å²) < 4.78 is 5.58. The van der Waals surface area contributed by atoms with E-state index in [-0.39, 0.29) is 12.2 Å². The van der Waals surface area contributed by atoms with E-state index in [1.165, 1.54) is 42.8 Å². The lowest BCUT2D eigenvalue weighted by molar-refractivity contribution is -0.141. The van der Waals surface area contributed by atoms with E-state index in [1.807, 2.05) is 24.3 Å². The van der Waals surface area contributed by atoms with Gasteiger partial charge in [-0.2, -0.15) is 0 Å². The molecule has 0 saturated heterocycles. The standard InChI is InChI=1S/C16H14N4O3S/c1-20(9-12(21)23-2)16(22)14-13(17-7-8-18-14)15-19-10-5-3-4-6-11(10)24-15/h3-8H,9H2,1-2H3. The summed E-state index contributed by atoms with van der Waals surface area (Å²) in [5.74, 6) is -0.918. The highest BCUT2D eigenvalue weighted by atomic mass is 32.1. The summed E-state index contributed by atoms with van der Waals surface area (Å²) in [6.07, 6.45) is 2.95. The number of aromatic nitrogens is 3. The molecule has 0 spiro atoms. The molecular formula is C16H14N4O3S. The van der Waals surface area contributed by atoms with Crippen LogP contribution in [0.15, 0.2) is 36.7 Å². The SMILES string of the molecule is COC(=O)CN(C)C(=O)c1nccnc1-c1nc2ccccc2s1. The van der Waals surface area contributed by atoms with Gasteiger partial charge in [0.2, 0.25) is 0 Å². The molecule has 3 rings (SSSR count). The monoisotopic (exact) mass is 342 g/mol. The van der Waals surface area contributed by atoms with Crippen LogP contribution in [0.5, 0.6) is 0 Å². The number of amides is 1. The molecule has 24 heavy (non-hydrogen) atoms. The number of ether oxygens (including phenoxy) is 1. The van der Waals surface area contributed by atoms with Gasteiger partial charge >= 0.3 is 5.97 Å². The van der Waals surface area contributed by atoms with Crippen molar-refractivity contribution < 1.29 is 14.3 Å². The lowest BCUT2D eigenvalue weighted by atomic mass is 10.2. The van der Waals surface area contributed by atoms with Gasteiger partial charge in [-0.3, -0.25) is 9.59 Å². The summed E-state index contributed by atoms with van der Waals surface area (Å²) in [7, 11) is 2.78. The minimum atomic E-state index is -0.503. The fourth-order valence-electron chi connectivity index (χ4n) is 2.14. The van der Waals surface area contributed by atoms with Gasteiger partial charge in [-0.05, 0) is 12.1 Å². The van der Waals surface area contributed by atoms with Gasteiger partial charge in [0.05, 0.1) is 17.3 Å². The van der Waals surface area contributed by atoms with E-state index in [0.717, 1.165) is 10.2 Å². The second kappa shape index (κ2) is 6.71. The molecule has 7 nitrogen and oxygen atoms in total.